The summed E-state index contributed by atoms with van der Waals surface area (Å²) in [7, 11) is 0. The zero-order valence-electron chi connectivity index (χ0n) is 8.34. The fourth-order valence-electron chi connectivity index (χ4n) is 0.851. The topological polar surface area (TPSA) is 55.1 Å². The average Bonchev–Trinajstić information content (AvgIpc) is 2.13. The summed E-state index contributed by atoms with van der Waals surface area (Å²) < 4.78 is 0. The second-order valence-corrected chi connectivity index (χ2v) is 3.34. The molecule has 3 nitrogen and oxygen atoms in total. The molecule has 0 aromatic rings. The zero-order valence-corrected chi connectivity index (χ0v) is 8.34. The van der Waals surface area contributed by atoms with E-state index in [1.165, 1.54) is 0 Å². The molecule has 0 saturated carbocycles. The molecule has 0 aromatic carbocycles. The second-order valence-electron chi connectivity index (χ2n) is 3.34. The zero-order chi connectivity index (χ0) is 10.3. The lowest BCUT2D eigenvalue weighted by atomic mass is 10.1. The first-order chi connectivity index (χ1) is 6.10. The first-order valence-electron chi connectivity index (χ1n) is 4.55. The van der Waals surface area contributed by atoms with Gasteiger partial charge in [-0.05, 0) is 25.8 Å². The third-order valence-corrected chi connectivity index (χ3v) is 1.89. The van der Waals surface area contributed by atoms with Crippen LogP contribution in [0.4, 0.5) is 0 Å². The van der Waals surface area contributed by atoms with Gasteiger partial charge in [0.2, 0.25) is 5.91 Å². The van der Waals surface area contributed by atoms with Crippen LogP contribution in [-0.2, 0) is 4.79 Å². The van der Waals surface area contributed by atoms with Gasteiger partial charge in [0.1, 0.15) is 0 Å². The largest absolute Gasteiger partial charge is 0.343 e. The molecule has 0 spiro atoms. The Morgan fingerprint density at radius 1 is 1.62 bits per heavy atom. The van der Waals surface area contributed by atoms with E-state index < -0.39 is 0 Å². The van der Waals surface area contributed by atoms with E-state index in [2.05, 4.69) is 11.2 Å². The lowest BCUT2D eigenvalue weighted by Crippen LogP contribution is -2.31. The highest BCUT2D eigenvalue weighted by atomic mass is 16.1. The van der Waals surface area contributed by atoms with Crippen LogP contribution in [0.2, 0.25) is 0 Å². The molecule has 2 unspecified atom stereocenters. The molecule has 0 rings (SSSR count). The minimum absolute atomic E-state index is 0.00532. The van der Waals surface area contributed by atoms with Crippen LogP contribution in [0.15, 0.2) is 0 Å². The molecule has 0 radical (unpaired) electrons. The van der Waals surface area contributed by atoms with Crippen molar-refractivity contribution in [3.05, 3.63) is 0 Å². The number of nitrogens with one attached hydrogen (secondary N) is 1. The molecule has 2 atom stereocenters. The van der Waals surface area contributed by atoms with Crippen LogP contribution >= 0.6 is 0 Å². The number of carbonyl (C=O) groups excluding carboxylic acids is 1. The van der Waals surface area contributed by atoms with Gasteiger partial charge < -0.3 is 11.1 Å². The molecular weight excluding hydrogens is 164 g/mol. The molecule has 0 aliphatic rings. The molecule has 0 aliphatic carbocycles. The first-order valence-corrected chi connectivity index (χ1v) is 4.55. The van der Waals surface area contributed by atoms with Gasteiger partial charge in [-0.1, -0.05) is 12.8 Å². The molecule has 3 heteroatoms. The Bertz CT molecular complexity index is 196. The van der Waals surface area contributed by atoms with Gasteiger partial charge in [0.25, 0.3) is 0 Å². The van der Waals surface area contributed by atoms with E-state index in [1.54, 1.807) is 6.92 Å². The number of hydrogen-bond donors (Lipinski definition) is 2. The van der Waals surface area contributed by atoms with Crippen LogP contribution in [-0.4, -0.2) is 18.5 Å². The van der Waals surface area contributed by atoms with Crippen LogP contribution < -0.4 is 11.1 Å². The molecule has 0 aromatic heterocycles. The summed E-state index contributed by atoms with van der Waals surface area (Å²) in [6.07, 6.45) is 6.44. The van der Waals surface area contributed by atoms with E-state index >= 15 is 0 Å². The molecule has 0 bridgehead atoms. The molecule has 1 amide bonds. The van der Waals surface area contributed by atoms with Crippen LogP contribution in [0.1, 0.15) is 26.7 Å². The molecular formula is C10H18N2O. The number of hydrogen-bond acceptors (Lipinski definition) is 2. The SMILES string of the molecule is C#CC(C)NC(=O)CCC(C)CN. The highest BCUT2D eigenvalue weighted by Crippen LogP contribution is 2.02. The summed E-state index contributed by atoms with van der Waals surface area (Å²) >= 11 is 0. The fourth-order valence-corrected chi connectivity index (χ4v) is 0.851. The lowest BCUT2D eigenvalue weighted by Gasteiger charge is -2.10. The van der Waals surface area contributed by atoms with Gasteiger partial charge >= 0.3 is 0 Å². The van der Waals surface area contributed by atoms with Crippen molar-refractivity contribution in [2.75, 3.05) is 6.54 Å². The summed E-state index contributed by atoms with van der Waals surface area (Å²) in [5, 5.41) is 2.69. The molecule has 0 fully saturated rings. The normalized spacial score (nSPS) is 14.3. The van der Waals surface area contributed by atoms with Crippen molar-refractivity contribution in [3.63, 3.8) is 0 Å². The fraction of sp³-hybridized carbons (Fsp3) is 0.700. The minimum Gasteiger partial charge on any atom is -0.343 e. The summed E-state index contributed by atoms with van der Waals surface area (Å²) in [6.45, 7) is 4.43. The highest BCUT2D eigenvalue weighted by Gasteiger charge is 2.06. The highest BCUT2D eigenvalue weighted by molar-refractivity contribution is 5.76. The van der Waals surface area contributed by atoms with Gasteiger partial charge in [-0.25, -0.2) is 0 Å². The number of rotatable bonds is 5. The van der Waals surface area contributed by atoms with Crippen molar-refractivity contribution in [2.45, 2.75) is 32.7 Å². The number of terminal acetylenes is 1. The van der Waals surface area contributed by atoms with Crippen molar-refractivity contribution in [1.29, 1.82) is 0 Å². The molecule has 0 heterocycles. The third-order valence-electron chi connectivity index (χ3n) is 1.89. The van der Waals surface area contributed by atoms with Crippen molar-refractivity contribution in [1.82, 2.24) is 5.32 Å². The van der Waals surface area contributed by atoms with E-state index in [0.29, 0.717) is 18.9 Å². The Kier molecular flexibility index (Phi) is 5.99. The molecule has 0 saturated heterocycles. The van der Waals surface area contributed by atoms with Crippen molar-refractivity contribution < 1.29 is 4.79 Å². The van der Waals surface area contributed by atoms with Gasteiger partial charge in [-0.2, -0.15) is 0 Å². The molecule has 3 N–H and O–H groups in total. The average molecular weight is 182 g/mol. The van der Waals surface area contributed by atoms with E-state index in [0.717, 1.165) is 6.42 Å². The van der Waals surface area contributed by atoms with Crippen LogP contribution in [0.5, 0.6) is 0 Å². The smallest absolute Gasteiger partial charge is 0.220 e. The Hall–Kier alpha value is -1.01. The van der Waals surface area contributed by atoms with E-state index in [4.69, 9.17) is 12.2 Å². The van der Waals surface area contributed by atoms with E-state index in [-0.39, 0.29) is 11.9 Å². The van der Waals surface area contributed by atoms with Crippen molar-refractivity contribution >= 4 is 5.91 Å². The third kappa shape index (κ3) is 6.18. The Morgan fingerprint density at radius 2 is 2.23 bits per heavy atom. The standard InChI is InChI=1S/C10H18N2O/c1-4-9(3)12-10(13)6-5-8(2)7-11/h1,8-9H,5-7,11H2,2-3H3,(H,12,13). The van der Waals surface area contributed by atoms with Crippen LogP contribution in [0.3, 0.4) is 0 Å². The second kappa shape index (κ2) is 6.50. The maximum Gasteiger partial charge on any atom is 0.220 e. The Balaban J connectivity index is 3.59. The van der Waals surface area contributed by atoms with Crippen molar-refractivity contribution in [2.24, 2.45) is 11.7 Å². The maximum absolute atomic E-state index is 11.2. The maximum atomic E-state index is 11.2. The van der Waals surface area contributed by atoms with Gasteiger partial charge in [0.05, 0.1) is 6.04 Å². The van der Waals surface area contributed by atoms with Gasteiger partial charge in [0.15, 0.2) is 0 Å². The first kappa shape index (κ1) is 12.0. The summed E-state index contributed by atoms with van der Waals surface area (Å²) in [4.78, 5) is 11.2. The molecule has 13 heavy (non-hydrogen) atoms. The predicted molar refractivity (Wildman–Crippen MR) is 53.9 cm³/mol. The van der Waals surface area contributed by atoms with Crippen molar-refractivity contribution in [3.8, 4) is 12.3 Å². The van der Waals surface area contributed by atoms with E-state index in [9.17, 15) is 4.79 Å². The summed E-state index contributed by atoms with van der Waals surface area (Å²) in [5.74, 6) is 2.84. The number of carbonyl (C=O) groups is 1. The quantitative estimate of drug-likeness (QED) is 0.608. The van der Waals surface area contributed by atoms with E-state index in [1.807, 2.05) is 6.92 Å². The minimum atomic E-state index is -0.180. The van der Waals surface area contributed by atoms with Crippen LogP contribution in [0.25, 0.3) is 0 Å². The number of amides is 1. The predicted octanol–water partition coefficient (Wildman–Crippen LogP) is 0.499. The van der Waals surface area contributed by atoms with Gasteiger partial charge in [0, 0.05) is 6.42 Å². The molecule has 74 valence electrons. The summed E-state index contributed by atoms with van der Waals surface area (Å²) in [5.41, 5.74) is 5.42. The Labute approximate surface area is 80.1 Å². The van der Waals surface area contributed by atoms with Crippen LogP contribution in [0, 0.1) is 18.3 Å². The molecule has 0 aliphatic heterocycles. The van der Waals surface area contributed by atoms with Gasteiger partial charge in [-0.3, -0.25) is 4.79 Å². The Morgan fingerprint density at radius 3 is 2.69 bits per heavy atom. The number of nitrogens with two attached hydrogens (primary N) is 1. The monoisotopic (exact) mass is 182 g/mol. The lowest BCUT2D eigenvalue weighted by molar-refractivity contribution is -0.121. The summed E-state index contributed by atoms with van der Waals surface area (Å²) in [6, 6.07) is -0.180. The van der Waals surface area contributed by atoms with Gasteiger partial charge in [-0.15, -0.1) is 6.42 Å².